The molecule has 6 heteroatoms. The highest BCUT2D eigenvalue weighted by Crippen LogP contribution is 2.20. The van der Waals surface area contributed by atoms with Gasteiger partial charge in [0.25, 0.3) is 5.91 Å². The van der Waals surface area contributed by atoms with Gasteiger partial charge < -0.3 is 15.8 Å². The molecule has 1 aromatic heterocycles. The molecule has 0 aliphatic rings. The van der Waals surface area contributed by atoms with E-state index in [4.69, 9.17) is 10.5 Å². The van der Waals surface area contributed by atoms with Crippen molar-refractivity contribution in [2.24, 2.45) is 0 Å². The largest absolute Gasteiger partial charge is 0.442 e. The zero-order valence-electron chi connectivity index (χ0n) is 12.4. The van der Waals surface area contributed by atoms with E-state index < -0.39 is 18.1 Å². The first-order valence-electron chi connectivity index (χ1n) is 6.77. The lowest BCUT2D eigenvalue weighted by Gasteiger charge is -2.14. The minimum atomic E-state index is -0.738. The second kappa shape index (κ2) is 6.71. The molecule has 6 nitrogen and oxygen atoms in total. The maximum absolute atomic E-state index is 12.1. The van der Waals surface area contributed by atoms with Crippen LogP contribution in [0.25, 0.3) is 11.3 Å². The number of amides is 1. The van der Waals surface area contributed by atoms with Gasteiger partial charge in [0.2, 0.25) is 0 Å². The molecule has 114 valence electrons. The Bertz CT molecular complexity index is 686. The van der Waals surface area contributed by atoms with Crippen LogP contribution in [0.1, 0.15) is 24.2 Å². The summed E-state index contributed by atoms with van der Waals surface area (Å²) in [6.45, 7) is 2.83. The molecule has 22 heavy (non-hydrogen) atoms. The van der Waals surface area contributed by atoms with E-state index in [1.807, 2.05) is 30.3 Å². The van der Waals surface area contributed by atoms with Crippen LogP contribution in [0.15, 0.2) is 42.5 Å². The molecule has 2 aromatic rings. The van der Waals surface area contributed by atoms with E-state index in [9.17, 15) is 9.59 Å². The van der Waals surface area contributed by atoms with Crippen molar-refractivity contribution in [3.63, 3.8) is 0 Å². The smallest absolute Gasteiger partial charge is 0.304 e. The molecule has 0 radical (unpaired) electrons. The lowest BCUT2D eigenvalue weighted by Crippen LogP contribution is -2.36. The van der Waals surface area contributed by atoms with Crippen molar-refractivity contribution >= 4 is 17.7 Å². The Balaban J connectivity index is 2.16. The second-order valence-corrected chi connectivity index (χ2v) is 4.72. The topological polar surface area (TPSA) is 94.3 Å². The predicted molar refractivity (Wildman–Crippen MR) is 82.8 cm³/mol. The molecular formula is C16H17N3O3. The average molecular weight is 299 g/mol. The lowest BCUT2D eigenvalue weighted by atomic mass is 10.1. The molecule has 0 spiro atoms. The summed E-state index contributed by atoms with van der Waals surface area (Å²) in [7, 11) is 0. The van der Waals surface area contributed by atoms with E-state index in [0.29, 0.717) is 5.69 Å². The average Bonchev–Trinajstić information content (AvgIpc) is 2.46. The molecule has 1 heterocycles. The van der Waals surface area contributed by atoms with Gasteiger partial charge >= 0.3 is 5.97 Å². The number of pyridine rings is 1. The van der Waals surface area contributed by atoms with Gasteiger partial charge in [-0.05, 0) is 19.1 Å². The van der Waals surface area contributed by atoms with Crippen molar-refractivity contribution in [3.05, 3.63) is 48.0 Å². The number of anilines is 1. The molecule has 0 saturated heterocycles. The number of nitrogen functional groups attached to an aromatic ring is 1. The first-order chi connectivity index (χ1) is 10.5. The van der Waals surface area contributed by atoms with E-state index in [0.717, 1.165) is 5.56 Å². The summed E-state index contributed by atoms with van der Waals surface area (Å²) < 4.78 is 4.84. The number of carbonyl (C=O) groups is 2. The molecule has 0 fully saturated rings. The van der Waals surface area contributed by atoms with E-state index in [1.165, 1.54) is 6.92 Å². The lowest BCUT2D eigenvalue weighted by molar-refractivity contribution is -0.146. The summed E-state index contributed by atoms with van der Waals surface area (Å²) in [4.78, 5) is 27.2. The van der Waals surface area contributed by atoms with Gasteiger partial charge in [-0.25, -0.2) is 4.98 Å². The predicted octanol–water partition coefficient (Wildman–Crippen LogP) is 1.97. The fourth-order valence-corrected chi connectivity index (χ4v) is 1.98. The minimum Gasteiger partial charge on any atom is -0.442 e. The normalized spacial score (nSPS) is 11.5. The number of rotatable bonds is 4. The minimum absolute atomic E-state index is 0.119. The zero-order valence-corrected chi connectivity index (χ0v) is 12.4. The van der Waals surface area contributed by atoms with Crippen LogP contribution in [-0.2, 0) is 9.53 Å². The maximum atomic E-state index is 12.1. The molecule has 0 aliphatic heterocycles. The summed E-state index contributed by atoms with van der Waals surface area (Å²) in [6, 6.07) is 12.8. The molecule has 1 aromatic carbocycles. The number of aromatic nitrogens is 1. The molecule has 1 amide bonds. The van der Waals surface area contributed by atoms with Gasteiger partial charge in [-0.3, -0.25) is 9.59 Å². The third-order valence-corrected chi connectivity index (χ3v) is 2.92. The standard InChI is InChI=1S/C16H17N3O3/c1-10(22-11(2)20)18-16(21)13-8-9-14(19-15(13)17)12-6-4-3-5-7-12/h3-10H,1-2H3,(H2,17,19)(H,18,21). The molecule has 3 N–H and O–H groups in total. The third kappa shape index (κ3) is 3.82. The number of esters is 1. The van der Waals surface area contributed by atoms with Crippen LogP contribution in [-0.4, -0.2) is 23.1 Å². The van der Waals surface area contributed by atoms with Crippen molar-refractivity contribution in [3.8, 4) is 11.3 Å². The van der Waals surface area contributed by atoms with E-state index in [2.05, 4.69) is 10.3 Å². The van der Waals surface area contributed by atoms with E-state index >= 15 is 0 Å². The Hall–Kier alpha value is -2.89. The van der Waals surface area contributed by atoms with Crippen molar-refractivity contribution in [2.75, 3.05) is 5.73 Å². The van der Waals surface area contributed by atoms with Gasteiger partial charge in [-0.1, -0.05) is 30.3 Å². The Morgan fingerprint density at radius 3 is 2.45 bits per heavy atom. The molecule has 2 rings (SSSR count). The fourth-order valence-electron chi connectivity index (χ4n) is 1.98. The van der Waals surface area contributed by atoms with Gasteiger partial charge in [0.1, 0.15) is 5.82 Å². The SMILES string of the molecule is CC(=O)OC(C)NC(=O)c1ccc(-c2ccccc2)nc1N. The van der Waals surface area contributed by atoms with Crippen molar-refractivity contribution in [1.29, 1.82) is 0 Å². The first kappa shape index (κ1) is 15.5. The van der Waals surface area contributed by atoms with Crippen LogP contribution < -0.4 is 11.1 Å². The Kier molecular flexibility index (Phi) is 4.73. The van der Waals surface area contributed by atoms with Crippen LogP contribution in [0.4, 0.5) is 5.82 Å². The van der Waals surface area contributed by atoms with Crippen LogP contribution in [0.5, 0.6) is 0 Å². The summed E-state index contributed by atoms with van der Waals surface area (Å²) >= 11 is 0. The van der Waals surface area contributed by atoms with Gasteiger partial charge in [0.05, 0.1) is 11.3 Å². The van der Waals surface area contributed by atoms with Crippen LogP contribution in [0.3, 0.4) is 0 Å². The molecular weight excluding hydrogens is 282 g/mol. The molecule has 0 aliphatic carbocycles. The highest BCUT2D eigenvalue weighted by Gasteiger charge is 2.15. The number of ether oxygens (including phenoxy) is 1. The molecule has 1 unspecified atom stereocenters. The number of hydrogen-bond donors (Lipinski definition) is 2. The zero-order chi connectivity index (χ0) is 16.1. The number of carbonyl (C=O) groups excluding carboxylic acids is 2. The summed E-state index contributed by atoms with van der Waals surface area (Å²) in [5, 5.41) is 2.53. The Labute approximate surface area is 128 Å². The van der Waals surface area contributed by atoms with Crippen molar-refractivity contribution in [1.82, 2.24) is 10.3 Å². The Morgan fingerprint density at radius 1 is 1.18 bits per heavy atom. The third-order valence-electron chi connectivity index (χ3n) is 2.92. The second-order valence-electron chi connectivity index (χ2n) is 4.72. The molecule has 1 atom stereocenters. The quantitative estimate of drug-likeness (QED) is 0.665. The van der Waals surface area contributed by atoms with Gasteiger partial charge in [-0.2, -0.15) is 0 Å². The van der Waals surface area contributed by atoms with Gasteiger partial charge in [-0.15, -0.1) is 0 Å². The summed E-state index contributed by atoms with van der Waals surface area (Å²) in [5.41, 5.74) is 7.69. The van der Waals surface area contributed by atoms with E-state index in [1.54, 1.807) is 19.1 Å². The number of benzene rings is 1. The van der Waals surface area contributed by atoms with Crippen LogP contribution in [0, 0.1) is 0 Å². The fraction of sp³-hybridized carbons (Fsp3) is 0.188. The first-order valence-corrected chi connectivity index (χ1v) is 6.77. The molecule has 0 saturated carbocycles. The highest BCUT2D eigenvalue weighted by atomic mass is 16.6. The maximum Gasteiger partial charge on any atom is 0.304 e. The summed E-state index contributed by atoms with van der Waals surface area (Å²) in [6.07, 6.45) is -0.738. The number of hydrogen-bond acceptors (Lipinski definition) is 5. The van der Waals surface area contributed by atoms with Crippen molar-refractivity contribution < 1.29 is 14.3 Å². The van der Waals surface area contributed by atoms with Gasteiger partial charge in [0, 0.05) is 12.5 Å². The summed E-state index contributed by atoms with van der Waals surface area (Å²) in [5.74, 6) is -0.800. The van der Waals surface area contributed by atoms with Crippen LogP contribution in [0.2, 0.25) is 0 Å². The van der Waals surface area contributed by atoms with Crippen LogP contribution >= 0.6 is 0 Å². The number of nitrogens with two attached hydrogens (primary N) is 1. The van der Waals surface area contributed by atoms with Crippen molar-refractivity contribution in [2.45, 2.75) is 20.1 Å². The Morgan fingerprint density at radius 2 is 1.86 bits per heavy atom. The number of nitrogens with one attached hydrogen (secondary N) is 1. The number of nitrogens with zero attached hydrogens (tertiary/aromatic N) is 1. The molecule has 0 bridgehead atoms. The monoisotopic (exact) mass is 299 g/mol. The van der Waals surface area contributed by atoms with Gasteiger partial charge in [0.15, 0.2) is 6.23 Å². The van der Waals surface area contributed by atoms with E-state index in [-0.39, 0.29) is 11.4 Å². The highest BCUT2D eigenvalue weighted by molar-refractivity contribution is 5.98.